The molecule has 0 bridgehead atoms. The molecule has 0 spiro atoms. The molecule has 6 nitrogen and oxygen atoms in total. The summed E-state index contributed by atoms with van der Waals surface area (Å²) < 4.78 is 19.3. The number of hydrogen-bond donors (Lipinski definition) is 1. The summed E-state index contributed by atoms with van der Waals surface area (Å²) in [6.07, 6.45) is 3.84. The third-order valence-electron chi connectivity index (χ3n) is 5.40. The number of benzene rings is 2. The highest BCUT2D eigenvalue weighted by atomic mass is 19.1. The number of piperidine rings is 1. The molecule has 4 rings (SSSR count). The normalized spacial score (nSPS) is 16.2. The van der Waals surface area contributed by atoms with Crippen LogP contribution in [0.4, 0.5) is 4.39 Å². The third-order valence-corrected chi connectivity index (χ3v) is 5.40. The monoisotopic (exact) mass is 421 g/mol. The van der Waals surface area contributed by atoms with Crippen molar-refractivity contribution >= 4 is 11.8 Å². The van der Waals surface area contributed by atoms with E-state index in [1.54, 1.807) is 41.4 Å². The van der Waals surface area contributed by atoms with Gasteiger partial charge >= 0.3 is 0 Å². The van der Waals surface area contributed by atoms with Crippen LogP contribution in [0.15, 0.2) is 65.2 Å². The summed E-state index contributed by atoms with van der Waals surface area (Å²) in [6.45, 7) is 1.10. The van der Waals surface area contributed by atoms with E-state index in [0.717, 1.165) is 18.4 Å². The maximum absolute atomic E-state index is 13.4. The molecular weight excluding hydrogens is 397 g/mol. The van der Waals surface area contributed by atoms with Crippen molar-refractivity contribution in [2.75, 3.05) is 19.6 Å². The molecule has 1 aliphatic heterocycles. The smallest absolute Gasteiger partial charge is 0.251 e. The van der Waals surface area contributed by atoms with Crippen molar-refractivity contribution in [2.45, 2.75) is 25.2 Å². The number of nitrogens with one attached hydrogen (secondary N) is 1. The zero-order chi connectivity index (χ0) is 21.6. The minimum Gasteiger partial charge on any atom is -0.445 e. The fraction of sp³-hybridized carbons (Fsp3) is 0.292. The van der Waals surface area contributed by atoms with E-state index < -0.39 is 0 Å². The van der Waals surface area contributed by atoms with Crippen LogP contribution in [0, 0.1) is 5.82 Å². The number of amides is 2. The number of carbonyl (C=O) groups is 2. The predicted molar refractivity (Wildman–Crippen MR) is 113 cm³/mol. The quantitative estimate of drug-likeness (QED) is 0.661. The van der Waals surface area contributed by atoms with Gasteiger partial charge in [-0.25, -0.2) is 9.37 Å². The Hall–Kier alpha value is -3.48. The Morgan fingerprint density at radius 3 is 2.81 bits per heavy atom. The predicted octanol–water partition coefficient (Wildman–Crippen LogP) is 3.54. The van der Waals surface area contributed by atoms with Gasteiger partial charge in [0.15, 0.2) is 5.89 Å². The molecule has 0 radical (unpaired) electrons. The second kappa shape index (κ2) is 9.55. The Balaban J connectivity index is 1.32. The van der Waals surface area contributed by atoms with Crippen molar-refractivity contribution in [1.82, 2.24) is 15.2 Å². The molecule has 2 aromatic carbocycles. The summed E-state index contributed by atoms with van der Waals surface area (Å²) in [6, 6.07) is 15.2. The van der Waals surface area contributed by atoms with Crippen molar-refractivity contribution in [2.24, 2.45) is 0 Å². The summed E-state index contributed by atoms with van der Waals surface area (Å²) >= 11 is 0. The lowest BCUT2D eigenvalue weighted by atomic mass is 9.98. The SMILES string of the molecule is O=C(NCC(=O)N1CCC[C@H](c2ncc(Cc3cccc(F)c3)o2)C1)c1ccccc1. The van der Waals surface area contributed by atoms with E-state index in [0.29, 0.717) is 36.7 Å². The summed E-state index contributed by atoms with van der Waals surface area (Å²) in [5, 5.41) is 2.69. The minimum atomic E-state index is -0.280. The topological polar surface area (TPSA) is 75.4 Å². The number of carbonyl (C=O) groups excluding carboxylic acids is 2. The summed E-state index contributed by atoms with van der Waals surface area (Å²) in [7, 11) is 0. The summed E-state index contributed by atoms with van der Waals surface area (Å²) in [5.41, 5.74) is 1.34. The Morgan fingerprint density at radius 2 is 2.00 bits per heavy atom. The first-order valence-corrected chi connectivity index (χ1v) is 10.4. The number of halogens is 1. The molecule has 0 saturated carbocycles. The van der Waals surface area contributed by atoms with E-state index in [2.05, 4.69) is 10.3 Å². The van der Waals surface area contributed by atoms with Crippen LogP contribution in [0.5, 0.6) is 0 Å². The molecule has 2 amide bonds. The van der Waals surface area contributed by atoms with Crippen LogP contribution < -0.4 is 5.32 Å². The maximum Gasteiger partial charge on any atom is 0.251 e. The lowest BCUT2D eigenvalue weighted by molar-refractivity contribution is -0.131. The lowest BCUT2D eigenvalue weighted by Gasteiger charge is -2.31. The second-order valence-electron chi connectivity index (χ2n) is 7.70. The molecule has 31 heavy (non-hydrogen) atoms. The lowest BCUT2D eigenvalue weighted by Crippen LogP contribution is -2.44. The van der Waals surface area contributed by atoms with Crippen LogP contribution in [-0.2, 0) is 11.2 Å². The van der Waals surface area contributed by atoms with Gasteiger partial charge in [0.1, 0.15) is 11.6 Å². The molecule has 1 aliphatic rings. The first-order valence-electron chi connectivity index (χ1n) is 10.4. The Kier molecular flexibility index (Phi) is 6.40. The fourth-order valence-corrected chi connectivity index (χ4v) is 3.81. The van der Waals surface area contributed by atoms with E-state index in [1.807, 2.05) is 12.1 Å². The number of nitrogens with zero attached hydrogens (tertiary/aromatic N) is 2. The first kappa shape index (κ1) is 20.8. The average Bonchev–Trinajstić information content (AvgIpc) is 3.26. The van der Waals surface area contributed by atoms with Gasteiger partial charge < -0.3 is 14.6 Å². The zero-order valence-electron chi connectivity index (χ0n) is 17.1. The molecule has 2 heterocycles. The molecule has 0 aliphatic carbocycles. The van der Waals surface area contributed by atoms with Gasteiger partial charge in [-0.3, -0.25) is 9.59 Å². The molecule has 160 valence electrons. The van der Waals surface area contributed by atoms with Crippen LogP contribution in [0.2, 0.25) is 0 Å². The zero-order valence-corrected chi connectivity index (χ0v) is 17.1. The standard InChI is InChI=1S/C24H24FN3O3/c25-20-10-4-6-17(12-20)13-21-14-27-24(31-21)19-9-5-11-28(16-19)22(29)15-26-23(30)18-7-2-1-3-8-18/h1-4,6-8,10,12,14,19H,5,9,11,13,15-16H2,(H,26,30)/t19-/m0/s1. The summed E-state index contributed by atoms with van der Waals surface area (Å²) in [4.78, 5) is 30.9. The van der Waals surface area contributed by atoms with E-state index in [9.17, 15) is 14.0 Å². The average molecular weight is 421 g/mol. The molecule has 7 heteroatoms. The molecule has 1 saturated heterocycles. The Morgan fingerprint density at radius 1 is 1.16 bits per heavy atom. The van der Waals surface area contributed by atoms with Crippen molar-refractivity contribution in [3.05, 3.63) is 89.4 Å². The molecule has 1 N–H and O–H groups in total. The first-order chi connectivity index (χ1) is 15.1. The highest BCUT2D eigenvalue weighted by Crippen LogP contribution is 2.27. The van der Waals surface area contributed by atoms with Gasteiger partial charge in [-0.1, -0.05) is 30.3 Å². The van der Waals surface area contributed by atoms with Crippen molar-refractivity contribution < 1.29 is 18.4 Å². The Bertz CT molecular complexity index is 1050. The van der Waals surface area contributed by atoms with Crippen molar-refractivity contribution in [3.8, 4) is 0 Å². The van der Waals surface area contributed by atoms with E-state index in [1.165, 1.54) is 12.1 Å². The van der Waals surface area contributed by atoms with Crippen LogP contribution in [0.25, 0.3) is 0 Å². The molecule has 0 unspecified atom stereocenters. The Labute approximate surface area is 180 Å². The van der Waals surface area contributed by atoms with Crippen LogP contribution >= 0.6 is 0 Å². The second-order valence-corrected chi connectivity index (χ2v) is 7.70. The van der Waals surface area contributed by atoms with Gasteiger partial charge in [-0.15, -0.1) is 0 Å². The number of rotatable bonds is 6. The number of oxazole rings is 1. The molecule has 1 aromatic heterocycles. The third kappa shape index (κ3) is 5.36. The molecular formula is C24H24FN3O3. The van der Waals surface area contributed by atoms with Crippen LogP contribution in [0.3, 0.4) is 0 Å². The molecule has 3 aromatic rings. The number of likely N-dealkylation sites (tertiary alicyclic amines) is 1. The number of aromatic nitrogens is 1. The van der Waals surface area contributed by atoms with E-state index >= 15 is 0 Å². The fourth-order valence-electron chi connectivity index (χ4n) is 3.81. The van der Waals surface area contributed by atoms with Crippen molar-refractivity contribution in [1.29, 1.82) is 0 Å². The molecule has 1 atom stereocenters. The minimum absolute atomic E-state index is 0.00350. The molecule has 1 fully saturated rings. The highest BCUT2D eigenvalue weighted by Gasteiger charge is 2.28. The highest BCUT2D eigenvalue weighted by molar-refractivity contribution is 5.96. The maximum atomic E-state index is 13.4. The summed E-state index contributed by atoms with van der Waals surface area (Å²) in [5.74, 6) is 0.593. The van der Waals surface area contributed by atoms with E-state index in [4.69, 9.17) is 4.42 Å². The van der Waals surface area contributed by atoms with Gasteiger partial charge in [0, 0.05) is 25.1 Å². The van der Waals surface area contributed by atoms with Gasteiger partial charge in [0.2, 0.25) is 5.91 Å². The van der Waals surface area contributed by atoms with Gasteiger partial charge in [-0.05, 0) is 42.7 Å². The number of hydrogen-bond acceptors (Lipinski definition) is 4. The van der Waals surface area contributed by atoms with Gasteiger partial charge in [0.05, 0.1) is 18.7 Å². The van der Waals surface area contributed by atoms with Crippen LogP contribution in [0.1, 0.15) is 46.3 Å². The van der Waals surface area contributed by atoms with Crippen LogP contribution in [-0.4, -0.2) is 41.3 Å². The van der Waals surface area contributed by atoms with Gasteiger partial charge in [0.25, 0.3) is 5.91 Å². The van der Waals surface area contributed by atoms with Crippen molar-refractivity contribution in [3.63, 3.8) is 0 Å². The van der Waals surface area contributed by atoms with Gasteiger partial charge in [-0.2, -0.15) is 0 Å². The largest absolute Gasteiger partial charge is 0.445 e. The van der Waals surface area contributed by atoms with E-state index in [-0.39, 0.29) is 30.1 Å².